The van der Waals surface area contributed by atoms with Crippen LogP contribution in [0.4, 0.5) is 5.00 Å². The predicted molar refractivity (Wildman–Crippen MR) is 74.7 cm³/mol. The molecule has 0 fully saturated rings. The van der Waals surface area contributed by atoms with E-state index < -0.39 is 5.97 Å². The Morgan fingerprint density at radius 3 is 2.40 bits per heavy atom. The number of aromatic nitrogens is 1. The van der Waals surface area contributed by atoms with Crippen LogP contribution >= 0.6 is 11.5 Å². The van der Waals surface area contributed by atoms with Gasteiger partial charge in [0.25, 0.3) is 5.91 Å². The molecule has 6 nitrogen and oxygen atoms in total. The highest BCUT2D eigenvalue weighted by Gasteiger charge is 2.24. The molecule has 0 aliphatic rings. The van der Waals surface area contributed by atoms with Crippen molar-refractivity contribution in [3.8, 4) is 5.75 Å². The Bertz CT molecular complexity index is 664. The lowest BCUT2D eigenvalue weighted by atomic mass is 10.2. The SMILES string of the molecule is Cc1nsc(N(C)C(=O)c2ccc(O)cc2)c1C(=O)O. The fraction of sp³-hybridized carbons (Fsp3) is 0.154. The van der Waals surface area contributed by atoms with Gasteiger partial charge >= 0.3 is 5.97 Å². The second kappa shape index (κ2) is 5.30. The predicted octanol–water partition coefficient (Wildman–Crippen LogP) is 2.13. The molecular formula is C13H12N2O4S. The zero-order chi connectivity index (χ0) is 14.9. The molecule has 0 atom stereocenters. The number of amides is 1. The first-order valence-electron chi connectivity index (χ1n) is 5.68. The van der Waals surface area contributed by atoms with E-state index in [4.69, 9.17) is 5.11 Å². The summed E-state index contributed by atoms with van der Waals surface area (Å²) in [7, 11) is 1.49. The van der Waals surface area contributed by atoms with Gasteiger partial charge in [-0.2, -0.15) is 4.37 Å². The summed E-state index contributed by atoms with van der Waals surface area (Å²) in [5, 5.41) is 18.7. The molecule has 2 rings (SSSR count). The van der Waals surface area contributed by atoms with Crippen molar-refractivity contribution in [3.05, 3.63) is 41.1 Å². The highest BCUT2D eigenvalue weighted by molar-refractivity contribution is 7.11. The zero-order valence-corrected chi connectivity index (χ0v) is 11.6. The molecule has 1 amide bonds. The molecule has 104 valence electrons. The van der Waals surface area contributed by atoms with Gasteiger partial charge in [-0.25, -0.2) is 4.79 Å². The van der Waals surface area contributed by atoms with Crippen LogP contribution in [0.25, 0.3) is 0 Å². The number of aromatic carboxylic acids is 1. The summed E-state index contributed by atoms with van der Waals surface area (Å²) in [6, 6.07) is 5.75. The fourth-order valence-corrected chi connectivity index (χ4v) is 2.57. The van der Waals surface area contributed by atoms with Gasteiger partial charge in [0.2, 0.25) is 0 Å². The third kappa shape index (κ3) is 2.48. The number of carbonyl (C=O) groups excluding carboxylic acids is 1. The van der Waals surface area contributed by atoms with E-state index in [1.165, 1.54) is 36.2 Å². The summed E-state index contributed by atoms with van der Waals surface area (Å²) in [6.45, 7) is 1.59. The van der Waals surface area contributed by atoms with Gasteiger partial charge in [-0.15, -0.1) is 0 Å². The van der Waals surface area contributed by atoms with Gasteiger partial charge in [0, 0.05) is 12.6 Å². The van der Waals surface area contributed by atoms with Crippen molar-refractivity contribution in [2.45, 2.75) is 6.92 Å². The van der Waals surface area contributed by atoms with Crippen molar-refractivity contribution in [1.29, 1.82) is 0 Å². The maximum Gasteiger partial charge on any atom is 0.340 e. The summed E-state index contributed by atoms with van der Waals surface area (Å²) in [6.07, 6.45) is 0. The topological polar surface area (TPSA) is 90.7 Å². The molecule has 0 unspecified atom stereocenters. The number of benzene rings is 1. The van der Waals surface area contributed by atoms with Gasteiger partial charge in [-0.1, -0.05) is 0 Å². The largest absolute Gasteiger partial charge is 0.508 e. The van der Waals surface area contributed by atoms with Crippen LogP contribution in [0.3, 0.4) is 0 Å². The normalized spacial score (nSPS) is 10.3. The number of phenols is 1. The molecule has 20 heavy (non-hydrogen) atoms. The molecule has 0 aliphatic heterocycles. The number of carboxylic acid groups (broad SMARTS) is 1. The highest BCUT2D eigenvalue weighted by Crippen LogP contribution is 2.29. The molecule has 1 heterocycles. The van der Waals surface area contributed by atoms with Crippen molar-refractivity contribution >= 4 is 28.4 Å². The Morgan fingerprint density at radius 1 is 1.25 bits per heavy atom. The van der Waals surface area contributed by atoms with Crippen LogP contribution in [0.2, 0.25) is 0 Å². The number of nitrogens with zero attached hydrogens (tertiary/aromatic N) is 2. The Balaban J connectivity index is 2.36. The minimum absolute atomic E-state index is 0.0321. The van der Waals surface area contributed by atoms with Crippen molar-refractivity contribution in [2.24, 2.45) is 0 Å². The third-order valence-corrected chi connectivity index (χ3v) is 3.80. The Kier molecular flexibility index (Phi) is 3.71. The molecule has 0 saturated carbocycles. The quantitative estimate of drug-likeness (QED) is 0.904. The molecular weight excluding hydrogens is 280 g/mol. The Morgan fingerprint density at radius 2 is 1.85 bits per heavy atom. The molecule has 1 aromatic heterocycles. The number of anilines is 1. The number of hydrogen-bond donors (Lipinski definition) is 2. The van der Waals surface area contributed by atoms with Crippen LogP contribution in [-0.4, -0.2) is 33.5 Å². The maximum absolute atomic E-state index is 12.3. The second-order valence-corrected chi connectivity index (χ2v) is 4.92. The average molecular weight is 292 g/mol. The van der Waals surface area contributed by atoms with Crippen LogP contribution < -0.4 is 4.90 Å². The van der Waals surface area contributed by atoms with E-state index in [0.717, 1.165) is 11.5 Å². The lowest BCUT2D eigenvalue weighted by molar-refractivity contribution is 0.0697. The summed E-state index contributed by atoms with van der Waals surface area (Å²) < 4.78 is 3.98. The highest BCUT2D eigenvalue weighted by atomic mass is 32.1. The van der Waals surface area contributed by atoms with E-state index in [9.17, 15) is 14.7 Å². The van der Waals surface area contributed by atoms with Crippen molar-refractivity contribution in [1.82, 2.24) is 4.37 Å². The molecule has 1 aromatic carbocycles. The zero-order valence-electron chi connectivity index (χ0n) is 10.8. The molecule has 2 aromatic rings. The third-order valence-electron chi connectivity index (χ3n) is 2.78. The summed E-state index contributed by atoms with van der Waals surface area (Å²) >= 11 is 0.964. The molecule has 0 bridgehead atoms. The number of carboxylic acids is 1. The monoisotopic (exact) mass is 292 g/mol. The van der Waals surface area contributed by atoms with Crippen molar-refractivity contribution in [3.63, 3.8) is 0 Å². The van der Waals surface area contributed by atoms with Gasteiger partial charge in [-0.05, 0) is 42.7 Å². The molecule has 0 aliphatic carbocycles. The van der Waals surface area contributed by atoms with E-state index in [-0.39, 0.29) is 22.2 Å². The molecule has 2 N–H and O–H groups in total. The summed E-state index contributed by atoms with van der Waals surface area (Å²) in [5.41, 5.74) is 0.764. The fourth-order valence-electron chi connectivity index (χ4n) is 1.72. The van der Waals surface area contributed by atoms with Crippen LogP contribution in [0.15, 0.2) is 24.3 Å². The minimum atomic E-state index is -1.11. The van der Waals surface area contributed by atoms with E-state index in [1.807, 2.05) is 0 Å². The minimum Gasteiger partial charge on any atom is -0.508 e. The van der Waals surface area contributed by atoms with E-state index >= 15 is 0 Å². The first-order chi connectivity index (χ1) is 9.41. The number of carbonyl (C=O) groups is 2. The number of rotatable bonds is 3. The van der Waals surface area contributed by atoms with Gasteiger partial charge in [0.05, 0.1) is 5.69 Å². The van der Waals surface area contributed by atoms with Gasteiger partial charge in [0.15, 0.2) is 0 Å². The first-order valence-corrected chi connectivity index (χ1v) is 6.45. The van der Waals surface area contributed by atoms with Gasteiger partial charge in [-0.3, -0.25) is 4.79 Å². The van der Waals surface area contributed by atoms with E-state index in [2.05, 4.69) is 4.37 Å². The molecule has 0 radical (unpaired) electrons. The number of phenolic OH excluding ortho intramolecular Hbond substituents is 1. The lowest BCUT2D eigenvalue weighted by Gasteiger charge is -2.15. The molecule has 0 spiro atoms. The smallest absolute Gasteiger partial charge is 0.340 e. The summed E-state index contributed by atoms with van der Waals surface area (Å²) in [4.78, 5) is 24.7. The second-order valence-electron chi connectivity index (χ2n) is 4.16. The van der Waals surface area contributed by atoms with Gasteiger partial charge < -0.3 is 15.1 Å². The maximum atomic E-state index is 12.3. The number of aromatic hydroxyl groups is 1. The van der Waals surface area contributed by atoms with E-state index in [1.54, 1.807) is 6.92 Å². The van der Waals surface area contributed by atoms with Gasteiger partial charge in [0.1, 0.15) is 16.3 Å². The molecule has 0 saturated heterocycles. The number of hydrogen-bond acceptors (Lipinski definition) is 5. The number of aryl methyl sites for hydroxylation is 1. The Hall–Kier alpha value is -2.41. The van der Waals surface area contributed by atoms with E-state index in [0.29, 0.717) is 11.3 Å². The lowest BCUT2D eigenvalue weighted by Crippen LogP contribution is -2.26. The van der Waals surface area contributed by atoms with Crippen molar-refractivity contribution < 1.29 is 19.8 Å². The Labute approximate surface area is 119 Å². The van der Waals surface area contributed by atoms with Crippen LogP contribution in [0.1, 0.15) is 26.4 Å². The average Bonchev–Trinajstić information content (AvgIpc) is 2.80. The van der Waals surface area contributed by atoms with Crippen LogP contribution in [-0.2, 0) is 0 Å². The molecule has 7 heteroatoms. The first kappa shape index (κ1) is 14.0. The standard InChI is InChI=1S/C13H12N2O4S/c1-7-10(13(18)19)12(20-14-7)15(2)11(17)8-3-5-9(16)6-4-8/h3-6,16H,1-2H3,(H,18,19). The van der Waals surface area contributed by atoms with Crippen LogP contribution in [0.5, 0.6) is 5.75 Å². The summed E-state index contributed by atoms with van der Waals surface area (Å²) in [5.74, 6) is -1.42. The van der Waals surface area contributed by atoms with Crippen molar-refractivity contribution in [2.75, 3.05) is 11.9 Å². The van der Waals surface area contributed by atoms with Crippen LogP contribution in [0, 0.1) is 6.92 Å².